The van der Waals surface area contributed by atoms with Crippen LogP contribution in [-0.4, -0.2) is 43.3 Å². The van der Waals surface area contributed by atoms with Crippen LogP contribution < -0.4 is 0 Å². The van der Waals surface area contributed by atoms with Crippen molar-refractivity contribution in [2.45, 2.75) is 0 Å². The highest BCUT2D eigenvalue weighted by molar-refractivity contribution is 7.82. The molecule has 0 amide bonds. The van der Waals surface area contributed by atoms with Gasteiger partial charge in [-0.15, -0.1) is 0 Å². The minimum absolute atomic E-state index is 0.0558. The lowest BCUT2D eigenvalue weighted by molar-refractivity contribution is 0.00960. The van der Waals surface area contributed by atoms with Crippen molar-refractivity contribution in [2.24, 2.45) is 11.8 Å². The van der Waals surface area contributed by atoms with E-state index in [2.05, 4.69) is 16.7 Å². The van der Waals surface area contributed by atoms with Gasteiger partial charge in [-0.3, -0.25) is 0 Å². The molecule has 2 aliphatic heterocycles. The van der Waals surface area contributed by atoms with E-state index in [1.165, 1.54) is 0 Å². The lowest BCUT2D eigenvalue weighted by atomic mass is 9.95. The third-order valence-electron chi connectivity index (χ3n) is 2.37. The van der Waals surface area contributed by atoms with Gasteiger partial charge in [-0.05, 0) is 0 Å². The van der Waals surface area contributed by atoms with Gasteiger partial charge in [0.2, 0.25) is 0 Å². The van der Waals surface area contributed by atoms with Crippen LogP contribution in [0, 0.1) is 11.8 Å². The van der Waals surface area contributed by atoms with Crippen LogP contribution in [0.2, 0.25) is 0 Å². The molecule has 0 aliphatic carbocycles. The van der Waals surface area contributed by atoms with Crippen LogP contribution in [0.15, 0.2) is 0 Å². The summed E-state index contributed by atoms with van der Waals surface area (Å²) in [6.45, 7) is -0.223. The molecule has 8 nitrogen and oxygen atoms in total. The maximum atomic E-state index is 10.8. The standard InChI is InChI=1S/C6H10O8S2/c7-15(8)11-1-5(2-12-15)6-3-13-16(9,10)14-4-6/h5-6H,1-4H2. The largest absolute Gasteiger partial charge is 0.399 e. The molecule has 10 heteroatoms. The fourth-order valence-corrected chi connectivity index (χ4v) is 2.89. The molecule has 0 aromatic heterocycles. The first-order valence-corrected chi connectivity index (χ1v) is 7.12. The molecule has 16 heavy (non-hydrogen) atoms. The molecule has 0 bridgehead atoms. The van der Waals surface area contributed by atoms with Gasteiger partial charge in [-0.2, -0.15) is 16.8 Å². The van der Waals surface area contributed by atoms with E-state index in [0.717, 1.165) is 0 Å². The summed E-state index contributed by atoms with van der Waals surface area (Å²) in [6.07, 6.45) is 0. The van der Waals surface area contributed by atoms with Crippen LogP contribution in [0.1, 0.15) is 0 Å². The highest BCUT2D eigenvalue weighted by Crippen LogP contribution is 2.24. The molecule has 0 radical (unpaired) electrons. The molecule has 0 saturated carbocycles. The molecule has 0 aromatic rings. The molecule has 2 rings (SSSR count). The van der Waals surface area contributed by atoms with Crippen LogP contribution in [-0.2, 0) is 37.5 Å². The van der Waals surface area contributed by atoms with Crippen molar-refractivity contribution in [3.63, 3.8) is 0 Å². The summed E-state index contributed by atoms with van der Waals surface area (Å²) < 4.78 is 61.0. The zero-order valence-corrected chi connectivity index (χ0v) is 9.70. The van der Waals surface area contributed by atoms with Crippen LogP contribution in [0.5, 0.6) is 0 Å². The van der Waals surface area contributed by atoms with Gasteiger partial charge in [0.15, 0.2) is 0 Å². The molecule has 0 N–H and O–H groups in total. The molecule has 0 spiro atoms. The number of hydrogen-bond acceptors (Lipinski definition) is 8. The average Bonchev–Trinajstić information content (AvgIpc) is 2.19. The minimum Gasteiger partial charge on any atom is -0.248 e. The summed E-state index contributed by atoms with van der Waals surface area (Å²) in [7, 11) is -7.75. The molecule has 0 atom stereocenters. The first-order valence-electron chi connectivity index (χ1n) is 4.45. The molecule has 2 fully saturated rings. The zero-order chi connectivity index (χ0) is 11.8. The summed E-state index contributed by atoms with van der Waals surface area (Å²) in [6, 6.07) is 0. The van der Waals surface area contributed by atoms with Crippen LogP contribution in [0.3, 0.4) is 0 Å². The van der Waals surface area contributed by atoms with Crippen molar-refractivity contribution in [1.82, 2.24) is 0 Å². The van der Waals surface area contributed by atoms with E-state index in [4.69, 9.17) is 0 Å². The van der Waals surface area contributed by atoms with Crippen molar-refractivity contribution in [3.05, 3.63) is 0 Å². The van der Waals surface area contributed by atoms with E-state index in [0.29, 0.717) is 0 Å². The van der Waals surface area contributed by atoms with Gasteiger partial charge in [0.1, 0.15) is 0 Å². The second-order valence-corrected chi connectivity index (χ2v) is 6.05. The Morgan fingerprint density at radius 3 is 1.12 bits per heavy atom. The molecule has 2 saturated heterocycles. The maximum absolute atomic E-state index is 10.8. The van der Waals surface area contributed by atoms with E-state index in [9.17, 15) is 16.8 Å². The van der Waals surface area contributed by atoms with Crippen LogP contribution in [0.25, 0.3) is 0 Å². The quantitative estimate of drug-likeness (QED) is 0.587. The molecule has 0 aromatic carbocycles. The Labute approximate surface area is 93.1 Å². The molecular weight excluding hydrogens is 264 g/mol. The maximum Gasteiger partial charge on any atom is 0.399 e. The Morgan fingerprint density at radius 2 is 0.875 bits per heavy atom. The smallest absolute Gasteiger partial charge is 0.248 e. The van der Waals surface area contributed by atoms with E-state index in [-0.39, 0.29) is 38.3 Å². The van der Waals surface area contributed by atoms with Gasteiger partial charge in [0.05, 0.1) is 26.4 Å². The van der Waals surface area contributed by atoms with Gasteiger partial charge >= 0.3 is 20.8 Å². The van der Waals surface area contributed by atoms with Crippen LogP contribution in [0.4, 0.5) is 0 Å². The predicted molar refractivity (Wildman–Crippen MR) is 48.6 cm³/mol. The Morgan fingerprint density at radius 1 is 0.625 bits per heavy atom. The lowest BCUT2D eigenvalue weighted by Gasteiger charge is -2.30. The van der Waals surface area contributed by atoms with Crippen LogP contribution >= 0.6 is 0 Å². The van der Waals surface area contributed by atoms with Crippen molar-refractivity contribution in [1.29, 1.82) is 0 Å². The third kappa shape index (κ3) is 2.90. The third-order valence-corrected chi connectivity index (χ3v) is 4.07. The highest BCUT2D eigenvalue weighted by atomic mass is 32.3. The fraction of sp³-hybridized carbons (Fsp3) is 1.00. The van der Waals surface area contributed by atoms with E-state index >= 15 is 0 Å². The first-order chi connectivity index (χ1) is 7.38. The second kappa shape index (κ2) is 4.20. The molecule has 2 aliphatic rings. The lowest BCUT2D eigenvalue weighted by Crippen LogP contribution is -2.40. The monoisotopic (exact) mass is 274 g/mol. The van der Waals surface area contributed by atoms with Gasteiger partial charge < -0.3 is 0 Å². The van der Waals surface area contributed by atoms with Gasteiger partial charge in [0, 0.05) is 11.8 Å². The van der Waals surface area contributed by atoms with Gasteiger partial charge in [-0.1, -0.05) is 0 Å². The summed E-state index contributed by atoms with van der Waals surface area (Å²) in [5.74, 6) is -0.530. The summed E-state index contributed by atoms with van der Waals surface area (Å²) in [4.78, 5) is 0. The second-order valence-electron chi connectivity index (χ2n) is 3.47. The minimum atomic E-state index is -3.88. The number of rotatable bonds is 1. The molecular formula is C6H10O8S2. The SMILES string of the molecule is O=S1(=O)OCC(C2COS(=O)(=O)OC2)CO1. The van der Waals surface area contributed by atoms with Crippen molar-refractivity contribution >= 4 is 20.8 Å². The topological polar surface area (TPSA) is 105 Å². The van der Waals surface area contributed by atoms with Crippen molar-refractivity contribution < 1.29 is 33.6 Å². The summed E-state index contributed by atoms with van der Waals surface area (Å²) in [5, 5.41) is 0. The van der Waals surface area contributed by atoms with Gasteiger partial charge in [-0.25, -0.2) is 16.7 Å². The summed E-state index contributed by atoms with van der Waals surface area (Å²) in [5.41, 5.74) is 0. The molecule has 2 heterocycles. The fourth-order valence-electron chi connectivity index (χ4n) is 1.39. The zero-order valence-electron chi connectivity index (χ0n) is 8.07. The normalized spacial score (nSPS) is 31.2. The van der Waals surface area contributed by atoms with Crippen molar-refractivity contribution in [2.75, 3.05) is 26.4 Å². The predicted octanol–water partition coefficient (Wildman–Crippen LogP) is -1.20. The van der Waals surface area contributed by atoms with E-state index in [1.807, 2.05) is 0 Å². The van der Waals surface area contributed by atoms with E-state index in [1.54, 1.807) is 0 Å². The summed E-state index contributed by atoms with van der Waals surface area (Å²) >= 11 is 0. The van der Waals surface area contributed by atoms with Gasteiger partial charge in [0.25, 0.3) is 0 Å². The molecule has 0 unspecified atom stereocenters. The first kappa shape index (κ1) is 12.2. The Hall–Kier alpha value is -0.260. The highest BCUT2D eigenvalue weighted by Gasteiger charge is 2.36. The number of hydrogen-bond donors (Lipinski definition) is 0. The Balaban J connectivity index is 1.92. The van der Waals surface area contributed by atoms with Crippen molar-refractivity contribution in [3.8, 4) is 0 Å². The van der Waals surface area contributed by atoms with E-state index < -0.39 is 20.8 Å². The molecule has 94 valence electrons. The Kier molecular flexibility index (Phi) is 3.20. The Bertz CT molecular complexity index is 379. The average molecular weight is 274 g/mol.